The molecule has 0 saturated carbocycles. The van der Waals surface area contributed by atoms with Crippen LogP contribution in [0.25, 0.3) is 150 Å². The van der Waals surface area contributed by atoms with Gasteiger partial charge in [0.25, 0.3) is 0 Å². The maximum atomic E-state index is 12.8. The van der Waals surface area contributed by atoms with Gasteiger partial charge in [0.2, 0.25) is 0 Å². The summed E-state index contributed by atoms with van der Waals surface area (Å²) < 4.78 is 45.4. The molecule has 14 aromatic heterocycles. The average molecular weight is 1950 g/mol. The molecule has 0 aliphatic carbocycles. The van der Waals surface area contributed by atoms with Crippen molar-refractivity contribution in [3.63, 3.8) is 0 Å². The first kappa shape index (κ1) is 93.4. The number of benzene rings is 6. The van der Waals surface area contributed by atoms with Crippen molar-refractivity contribution in [2.45, 2.75) is 92.4 Å². The van der Waals surface area contributed by atoms with Gasteiger partial charge in [-0.25, -0.2) is 53.9 Å². The second-order valence-electron chi connectivity index (χ2n) is 38.7. The van der Waals surface area contributed by atoms with E-state index in [-0.39, 0.29) is 16.9 Å². The van der Waals surface area contributed by atoms with Crippen molar-refractivity contribution in [3.05, 3.63) is 292 Å². The van der Waals surface area contributed by atoms with Crippen molar-refractivity contribution in [2.75, 3.05) is 151 Å². The van der Waals surface area contributed by atoms with E-state index in [0.717, 1.165) is 216 Å². The third-order valence-corrected chi connectivity index (χ3v) is 28.4. The van der Waals surface area contributed by atoms with Gasteiger partial charge in [0.05, 0.1) is 67.8 Å². The van der Waals surface area contributed by atoms with E-state index in [2.05, 4.69) is 155 Å². The zero-order chi connectivity index (χ0) is 99.3. The lowest BCUT2D eigenvalue weighted by Crippen LogP contribution is -2.49. The fourth-order valence-corrected chi connectivity index (χ4v) is 20.8. The summed E-state index contributed by atoms with van der Waals surface area (Å²) in [7, 11) is 8.56. The van der Waals surface area contributed by atoms with Gasteiger partial charge in [0.1, 0.15) is 55.4 Å². The normalized spacial score (nSPS) is 17.3. The fraction of sp³-hybridized carbons (Fsp3) is 0.300. The highest BCUT2D eigenvalue weighted by Crippen LogP contribution is 2.39. The molecule has 6 fully saturated rings. The molecule has 34 heteroatoms. The van der Waals surface area contributed by atoms with Gasteiger partial charge in [0, 0.05) is 264 Å². The van der Waals surface area contributed by atoms with Gasteiger partial charge in [-0.1, -0.05) is 17.7 Å². The molecule has 0 spiro atoms. The van der Waals surface area contributed by atoms with Gasteiger partial charge in [0.15, 0.2) is 34.0 Å². The Morgan fingerprint density at radius 1 is 0.368 bits per heavy atom. The zero-order valence-electron chi connectivity index (χ0n) is 82.1. The number of aryl methyl sites for hydroxylation is 7. The lowest BCUT2D eigenvalue weighted by molar-refractivity contribution is 0.292. The van der Waals surface area contributed by atoms with E-state index in [1.54, 1.807) is 29.8 Å². The van der Waals surface area contributed by atoms with Crippen LogP contribution in [0, 0.1) is 48.5 Å². The Bertz CT molecular complexity index is 8760. The summed E-state index contributed by atoms with van der Waals surface area (Å²) in [5, 5.41) is 11.6. The summed E-state index contributed by atoms with van der Waals surface area (Å²) in [6, 6.07) is 52.9. The number of pyridine rings is 1. The van der Waals surface area contributed by atoms with Crippen LogP contribution < -0.4 is 63.3 Å². The molecule has 4 atom stereocenters. The van der Waals surface area contributed by atoms with Gasteiger partial charge < -0.3 is 89.1 Å². The van der Waals surface area contributed by atoms with E-state index >= 15 is 0 Å². The molecule has 20 aromatic rings. The minimum absolute atomic E-state index is 0.351. The van der Waals surface area contributed by atoms with Gasteiger partial charge in [-0.2, -0.15) is 0 Å². The minimum atomic E-state index is -0.413. The first-order valence-corrected chi connectivity index (χ1v) is 49.0. The highest BCUT2D eigenvalue weighted by molar-refractivity contribution is 6.29. The molecule has 0 unspecified atom stereocenters. The summed E-state index contributed by atoms with van der Waals surface area (Å²) in [4.78, 5) is 118. The zero-order valence-corrected chi connectivity index (χ0v) is 82.8. The quantitative estimate of drug-likeness (QED) is 0.114. The third-order valence-electron chi connectivity index (χ3n) is 28.2. The molecule has 6 aliphatic heterocycles. The molecular weight excluding hydrogens is 1840 g/mol. The minimum Gasteiger partial charge on any atom is -0.454 e. The van der Waals surface area contributed by atoms with Crippen LogP contribution in [-0.4, -0.2) is 218 Å². The fourth-order valence-electron chi connectivity index (χ4n) is 20.6. The highest BCUT2D eigenvalue weighted by Gasteiger charge is 2.42. The van der Waals surface area contributed by atoms with E-state index in [0.29, 0.717) is 136 Å². The van der Waals surface area contributed by atoms with Crippen molar-refractivity contribution in [1.29, 1.82) is 0 Å². The lowest BCUT2D eigenvalue weighted by Gasteiger charge is -2.34. The molecule has 20 heterocycles. The molecule has 26 rings (SSSR count). The van der Waals surface area contributed by atoms with Crippen LogP contribution in [0.15, 0.2) is 250 Å². The molecule has 6 saturated heterocycles. The molecular formula is C110H108ClN21O12. The average Bonchev–Trinajstić information content (AvgIpc) is 1.61. The van der Waals surface area contributed by atoms with Crippen LogP contribution in [-0.2, 0) is 0 Å². The summed E-state index contributed by atoms with van der Waals surface area (Å²) in [6.07, 6.45) is 13.3. The van der Waals surface area contributed by atoms with Crippen molar-refractivity contribution in [2.24, 2.45) is 0 Å². The molecule has 33 nitrogen and oxygen atoms in total. The largest absolute Gasteiger partial charge is 0.454 e. The van der Waals surface area contributed by atoms with Crippen LogP contribution >= 0.6 is 11.6 Å². The number of piperazine rings is 4. The number of hydrogen-bond donors (Lipinski definition) is 2. The van der Waals surface area contributed by atoms with Crippen molar-refractivity contribution in [1.82, 2.24) is 78.4 Å². The summed E-state index contributed by atoms with van der Waals surface area (Å²) in [5.41, 5.74) is 21.4. The number of aromatic nitrogens is 11. The summed E-state index contributed by atoms with van der Waals surface area (Å²) in [6.45, 7) is 30.2. The Kier molecular flexibility index (Phi) is 24.9. The standard InChI is InChI=1S/C23H23N5O2.C23H25N5O2.C22H21N3O3.C21H20ClN5O2.C21H19N3O3/c1-13-9-27-12-20(25-22(27)14(2)24-13)19-6-15-4-5-16(8-21(15)30-23(19)29)28-11-17-7-18(28)10-26(17)3;1-14-11-28-13-20(25-22(28)15(2)24-14)19-9-16-5-6-17(10-21(16)30-23(19)29)27-8-7-18(12-27)26(3)4;1-14-3-6-19-18(23-14)13-21(27-19)17-11-15-4-5-16(12-20(15)28-22(17)26)25-9-7-24(2)8-10-25;1-12-9-26(6-5-23-12)15-4-3-14-7-16(21(28)29-18(14)8-15)17-10-27-11-19(22)24-13(2)20(27)25-17;1-13-23-18-5-3-14(11-20(18)26-13)17-10-15-2-4-16(12-19(15)27-21(17)25)24-8-6-22-7-9-24/h4-6,8-9,12,17-18H,7,10-11H2,1-3H3;5-6,9-11,13,18H,7-8,12H2,1-4H3;3-6,11-13H,7-10H2,1-2H3;3-4,7-8,10-12,23H,5-6,9H2,1-2H3;2-5,10-12,22H,6-9H2,1H3/t17-,18-;18-;;12-;/m00.1./s1. The number of rotatable bonds is 11. The molecule has 2 bridgehead atoms. The molecule has 0 radical (unpaired) electrons. The third kappa shape index (κ3) is 18.9. The van der Waals surface area contributed by atoms with E-state index in [9.17, 15) is 24.0 Å². The van der Waals surface area contributed by atoms with E-state index in [1.165, 1.54) is 6.42 Å². The van der Waals surface area contributed by atoms with Crippen LogP contribution in [0.5, 0.6) is 0 Å². The first-order valence-electron chi connectivity index (χ1n) is 48.7. The predicted octanol–water partition coefficient (Wildman–Crippen LogP) is 16.5. The smallest absolute Gasteiger partial charge is 0.347 e. The van der Waals surface area contributed by atoms with Crippen LogP contribution in [0.4, 0.5) is 28.4 Å². The molecule has 144 heavy (non-hydrogen) atoms. The number of furan rings is 1. The Hall–Kier alpha value is -15.5. The lowest BCUT2D eigenvalue weighted by atomic mass is 10.1. The number of hydrogen-bond acceptors (Lipinski definition) is 30. The van der Waals surface area contributed by atoms with Crippen LogP contribution in [0.1, 0.15) is 59.8 Å². The second kappa shape index (κ2) is 38.4. The number of likely N-dealkylation sites (N-methyl/N-ethyl adjacent to an activating group) is 3. The molecule has 6 aromatic carbocycles. The number of likely N-dealkylation sites (tertiary alicyclic amines) is 1. The number of halogens is 1. The number of anilines is 5. The number of imidazole rings is 3. The predicted molar refractivity (Wildman–Crippen MR) is 563 cm³/mol. The number of nitrogens with one attached hydrogen (secondary N) is 2. The first-order chi connectivity index (χ1) is 69.6. The SMILES string of the molecule is Cc1ccc2oc(-c3cc4ccc(N5CCN(C)CC5)cc4oc3=O)cc2n1.Cc1cn2cc(-c3cc4ccc(N5CC[C@H](N(C)C)C5)cc4oc3=O)nc2c(C)n1.Cc1cn2cc(-c3cc4ccc(N5C[C@@H]6C[C@H]5CN6C)cc4oc3=O)nc2c(C)n1.Cc1nc(Cl)cn2cc(-c3cc4ccc(N5CCN[C@H](C)C5)cc4oc3=O)nc12.Cc1nc2ccc(-c3cc4ccc(N5CCNCC5)cc4oc3=O)cc2o1. The van der Waals surface area contributed by atoms with Gasteiger partial charge in [-0.05, 0) is 210 Å². The molecule has 0 amide bonds. The number of oxazole rings is 1. The maximum absolute atomic E-state index is 12.8. The summed E-state index contributed by atoms with van der Waals surface area (Å²) in [5.74, 6) is 1.08. The van der Waals surface area contributed by atoms with Crippen molar-refractivity contribution >= 4 is 134 Å². The topological polar surface area (TPSA) is 344 Å². The summed E-state index contributed by atoms with van der Waals surface area (Å²) >= 11 is 6.03. The van der Waals surface area contributed by atoms with Crippen molar-refractivity contribution in [3.8, 4) is 56.2 Å². The van der Waals surface area contributed by atoms with Crippen LogP contribution in [0.2, 0.25) is 5.15 Å². The Morgan fingerprint density at radius 3 is 1.34 bits per heavy atom. The van der Waals surface area contributed by atoms with Gasteiger partial charge >= 0.3 is 28.1 Å². The monoisotopic (exact) mass is 1950 g/mol. The molecule has 732 valence electrons. The van der Waals surface area contributed by atoms with Gasteiger partial charge in [-0.15, -0.1) is 0 Å². The highest BCUT2D eigenvalue weighted by atomic mass is 35.5. The second-order valence-corrected chi connectivity index (χ2v) is 39.1. The maximum Gasteiger partial charge on any atom is 0.347 e. The number of fused-ring (bicyclic) bond motifs is 12. The Labute approximate surface area is 830 Å². The number of nitrogens with zero attached hydrogens (tertiary/aromatic N) is 19. The van der Waals surface area contributed by atoms with E-state index in [4.69, 9.17) is 42.5 Å². The van der Waals surface area contributed by atoms with Crippen molar-refractivity contribution < 1.29 is 30.9 Å². The van der Waals surface area contributed by atoms with Gasteiger partial charge in [-0.3, -0.25) is 14.9 Å². The van der Waals surface area contributed by atoms with E-state index in [1.807, 2.05) is 196 Å². The molecule has 2 N–H and O–H groups in total. The molecule has 6 aliphatic rings. The Balaban J connectivity index is 0.000000103. The van der Waals surface area contributed by atoms with E-state index < -0.39 is 11.3 Å². The Morgan fingerprint density at radius 2 is 0.833 bits per heavy atom. The van der Waals surface area contributed by atoms with Crippen LogP contribution in [0.3, 0.4) is 0 Å².